The number of hydrogen-bond acceptors (Lipinski definition) is 2. The van der Waals surface area contributed by atoms with Crippen LogP contribution in [0.15, 0.2) is 182 Å². The minimum atomic E-state index is 0.792. The smallest absolute Gasteiger partial charge is 0.156 e. The molecule has 3 nitrogen and oxygen atoms in total. The van der Waals surface area contributed by atoms with E-state index in [0.717, 1.165) is 59.6 Å². The highest BCUT2D eigenvalue weighted by Gasteiger charge is 2.20. The zero-order chi connectivity index (χ0) is 37.7. The fourth-order valence-electron chi connectivity index (χ4n) is 9.00. The van der Waals surface area contributed by atoms with Crippen molar-refractivity contribution in [1.29, 1.82) is 0 Å². The van der Waals surface area contributed by atoms with Crippen molar-refractivity contribution in [2.24, 2.45) is 0 Å². The fourth-order valence-corrected chi connectivity index (χ4v) is 9.00. The second-order valence-electron chi connectivity index (χ2n) is 15.2. The predicted molar refractivity (Wildman–Crippen MR) is 239 cm³/mol. The van der Waals surface area contributed by atoms with Gasteiger partial charge in [0, 0.05) is 33.5 Å². The molecule has 7 aromatic carbocycles. The summed E-state index contributed by atoms with van der Waals surface area (Å²) in [6, 6.07) is 59.1. The molecule has 0 radical (unpaired) electrons. The lowest BCUT2D eigenvalue weighted by atomic mass is 9.91. The molecule has 0 saturated heterocycles. The summed E-state index contributed by atoms with van der Waals surface area (Å²) in [5, 5.41) is 6.12. The number of hydrogen-bond donors (Lipinski definition) is 0. The molecule has 2 heterocycles. The highest BCUT2D eigenvalue weighted by atomic mass is 15.0. The summed E-state index contributed by atoms with van der Waals surface area (Å²) in [6.07, 6.45) is 13.0. The van der Waals surface area contributed by atoms with Gasteiger partial charge in [-0.1, -0.05) is 158 Å². The van der Waals surface area contributed by atoms with Gasteiger partial charge in [-0.05, 0) is 105 Å². The lowest BCUT2D eigenvalue weighted by Gasteiger charge is -2.17. The lowest BCUT2D eigenvalue weighted by Crippen LogP contribution is -2.03. The van der Waals surface area contributed by atoms with Crippen molar-refractivity contribution >= 4 is 49.7 Å². The maximum Gasteiger partial charge on any atom is 0.156 e. The Labute approximate surface area is 332 Å². The monoisotopic (exact) mass is 729 g/mol. The van der Waals surface area contributed by atoms with E-state index in [2.05, 4.69) is 193 Å². The summed E-state index contributed by atoms with van der Waals surface area (Å²) in [5.74, 6) is 0.792. The normalized spacial score (nSPS) is 13.8. The third-order valence-electron chi connectivity index (χ3n) is 11.8. The maximum atomic E-state index is 5.29. The van der Waals surface area contributed by atoms with Crippen molar-refractivity contribution in [1.82, 2.24) is 14.5 Å². The van der Waals surface area contributed by atoms with E-state index in [9.17, 15) is 0 Å². The highest BCUT2D eigenvalue weighted by Crippen LogP contribution is 2.38. The van der Waals surface area contributed by atoms with E-state index < -0.39 is 0 Å². The van der Waals surface area contributed by atoms with Gasteiger partial charge in [0.25, 0.3) is 0 Å². The van der Waals surface area contributed by atoms with Crippen LogP contribution in [0.25, 0.3) is 89.0 Å². The van der Waals surface area contributed by atoms with Gasteiger partial charge < -0.3 is 4.57 Å². The van der Waals surface area contributed by atoms with Gasteiger partial charge >= 0.3 is 0 Å². The largest absolute Gasteiger partial charge is 0.313 e. The molecule has 57 heavy (non-hydrogen) atoms. The molecule has 0 fully saturated rings. The van der Waals surface area contributed by atoms with Gasteiger partial charge in [-0.25, -0.2) is 9.97 Å². The third kappa shape index (κ3) is 5.91. The van der Waals surface area contributed by atoms with E-state index in [1.807, 2.05) is 0 Å². The van der Waals surface area contributed by atoms with Crippen molar-refractivity contribution < 1.29 is 0 Å². The number of para-hydroxylation sites is 1. The van der Waals surface area contributed by atoms with Crippen LogP contribution in [-0.4, -0.2) is 14.5 Å². The molecular weight excluding hydrogens is 691 g/mol. The molecule has 3 heteroatoms. The summed E-state index contributed by atoms with van der Waals surface area (Å²) >= 11 is 0. The molecule has 2 aliphatic rings. The van der Waals surface area contributed by atoms with E-state index in [1.54, 1.807) is 0 Å². The predicted octanol–water partition coefficient (Wildman–Crippen LogP) is 13.9. The minimum absolute atomic E-state index is 0.792. The van der Waals surface area contributed by atoms with Crippen molar-refractivity contribution in [2.45, 2.75) is 25.7 Å². The minimum Gasteiger partial charge on any atom is -0.313 e. The molecule has 0 amide bonds. The van der Waals surface area contributed by atoms with Crippen LogP contribution < -0.4 is 0 Å². The van der Waals surface area contributed by atoms with E-state index in [1.165, 1.54) is 71.7 Å². The number of nitrogens with zero attached hydrogens (tertiary/aromatic N) is 3. The Balaban J connectivity index is 0.940. The first-order valence-corrected chi connectivity index (χ1v) is 20.0. The lowest BCUT2D eigenvalue weighted by molar-refractivity contribution is 0.888. The Morgan fingerprint density at radius 3 is 1.75 bits per heavy atom. The number of fused-ring (bicyclic) bond motifs is 5. The Bertz CT molecular complexity index is 3010. The standard InChI is InChI=1S/C54H39N3/c1-3-18-44-38(12-1)14-10-22-46(44)50-35-51(47-23-11-15-39-13-2-4-19-45(39)47)56-54(55-50)40-28-26-36(27-29-40)41-16-9-17-42(34-41)37-30-32-43(33-31-37)57-52-24-7-5-20-48(52)49-21-6-8-25-53(49)57/h1-7,9-24,26,28,30-35H,8,25,27,29H2. The van der Waals surface area contributed by atoms with Gasteiger partial charge in [-0.2, -0.15) is 0 Å². The average molecular weight is 730 g/mol. The van der Waals surface area contributed by atoms with Crippen LogP contribution in [0.1, 0.15) is 41.9 Å². The number of benzene rings is 7. The van der Waals surface area contributed by atoms with Crippen LogP contribution in [0, 0.1) is 0 Å². The third-order valence-corrected chi connectivity index (χ3v) is 11.8. The molecule has 0 unspecified atom stereocenters. The first-order valence-electron chi connectivity index (χ1n) is 20.0. The van der Waals surface area contributed by atoms with Crippen LogP contribution in [0.2, 0.25) is 0 Å². The van der Waals surface area contributed by atoms with Gasteiger partial charge in [-0.3, -0.25) is 0 Å². The summed E-state index contributed by atoms with van der Waals surface area (Å²) < 4.78 is 2.46. The molecule has 0 aliphatic heterocycles. The second-order valence-corrected chi connectivity index (χ2v) is 15.2. The maximum absolute atomic E-state index is 5.29. The van der Waals surface area contributed by atoms with Gasteiger partial charge in [0.2, 0.25) is 0 Å². The van der Waals surface area contributed by atoms with Crippen LogP contribution in [0.5, 0.6) is 0 Å². The fraction of sp³-hybridized carbons (Fsp3) is 0.0741. The quantitative estimate of drug-likeness (QED) is 0.171. The Kier molecular flexibility index (Phi) is 8.10. The van der Waals surface area contributed by atoms with Crippen LogP contribution in [0.3, 0.4) is 0 Å². The average Bonchev–Trinajstić information content (AvgIpc) is 3.63. The molecule has 0 bridgehead atoms. The number of aromatic nitrogens is 3. The highest BCUT2D eigenvalue weighted by molar-refractivity contribution is 5.99. The van der Waals surface area contributed by atoms with E-state index >= 15 is 0 Å². The molecule has 0 saturated carbocycles. The summed E-state index contributed by atoms with van der Waals surface area (Å²) in [6.45, 7) is 0. The van der Waals surface area contributed by atoms with Gasteiger partial charge in [0.15, 0.2) is 5.82 Å². The van der Waals surface area contributed by atoms with Crippen LogP contribution in [0.4, 0.5) is 0 Å². The SMILES string of the molecule is C1=Cc2c(n(-c3ccc(-c4cccc(C5=CC=C(c6nc(-c7cccc8ccccc78)cc(-c7cccc8ccccc78)n6)CC5)c4)cc3)c3ccccc23)CC1. The number of rotatable bonds is 6. The zero-order valence-corrected chi connectivity index (χ0v) is 31.6. The van der Waals surface area contributed by atoms with E-state index in [0.29, 0.717) is 0 Å². The number of allylic oxidation sites excluding steroid dienone is 5. The van der Waals surface area contributed by atoms with Crippen molar-refractivity contribution in [3.05, 3.63) is 205 Å². The van der Waals surface area contributed by atoms with Crippen molar-refractivity contribution in [3.8, 4) is 39.3 Å². The summed E-state index contributed by atoms with van der Waals surface area (Å²) in [4.78, 5) is 10.6. The van der Waals surface area contributed by atoms with E-state index in [-0.39, 0.29) is 0 Å². The van der Waals surface area contributed by atoms with E-state index in [4.69, 9.17) is 9.97 Å². The van der Waals surface area contributed by atoms with Crippen molar-refractivity contribution in [3.63, 3.8) is 0 Å². The molecule has 11 rings (SSSR count). The Morgan fingerprint density at radius 1 is 0.456 bits per heavy atom. The Morgan fingerprint density at radius 2 is 1.05 bits per heavy atom. The molecular formula is C54H39N3. The molecule has 0 N–H and O–H groups in total. The first-order chi connectivity index (χ1) is 28.2. The Hall–Kier alpha value is -7.10. The zero-order valence-electron chi connectivity index (χ0n) is 31.6. The van der Waals surface area contributed by atoms with Gasteiger partial charge in [-0.15, -0.1) is 0 Å². The first kappa shape index (κ1) is 33.3. The molecule has 270 valence electrons. The molecule has 2 aliphatic carbocycles. The van der Waals surface area contributed by atoms with Crippen LogP contribution >= 0.6 is 0 Å². The van der Waals surface area contributed by atoms with Gasteiger partial charge in [0.1, 0.15) is 0 Å². The van der Waals surface area contributed by atoms with Crippen LogP contribution in [-0.2, 0) is 6.42 Å². The molecule has 0 atom stereocenters. The van der Waals surface area contributed by atoms with Gasteiger partial charge in [0.05, 0.1) is 16.9 Å². The molecule has 2 aromatic heterocycles. The molecule has 9 aromatic rings. The summed E-state index contributed by atoms with van der Waals surface area (Å²) in [7, 11) is 0. The second kappa shape index (κ2) is 13.9. The summed E-state index contributed by atoms with van der Waals surface area (Å²) in [5.41, 5.74) is 15.6. The topological polar surface area (TPSA) is 30.7 Å². The van der Waals surface area contributed by atoms with Crippen molar-refractivity contribution in [2.75, 3.05) is 0 Å². The molecule has 0 spiro atoms.